The van der Waals surface area contributed by atoms with Gasteiger partial charge in [0.15, 0.2) is 0 Å². The third kappa shape index (κ3) is 11.7. The predicted octanol–water partition coefficient (Wildman–Crippen LogP) is 35.6. The van der Waals surface area contributed by atoms with Crippen molar-refractivity contribution in [2.45, 2.75) is 295 Å². The lowest BCUT2D eigenvalue weighted by molar-refractivity contribution is 0.394. The highest BCUT2D eigenvalue weighted by molar-refractivity contribution is 6.23. The molecule has 0 bridgehead atoms. The van der Waals surface area contributed by atoms with Gasteiger partial charge < -0.3 is 18.2 Å². The number of furan rings is 3. The molecule has 4 nitrogen and oxygen atoms in total. The lowest BCUT2D eigenvalue weighted by Gasteiger charge is -2.35. The Kier molecular flexibility index (Phi) is 19.7. The molecule has 122 heavy (non-hydrogen) atoms. The number of hydrogen-bond donors (Lipinski definition) is 0. The lowest BCUT2D eigenvalue weighted by atomic mass is 9.68. The van der Waals surface area contributed by atoms with E-state index in [1.54, 1.807) is 16.7 Å². The Hall–Kier alpha value is -10.2. The molecule has 3 heterocycles. The molecule has 0 N–H and O–H groups in total. The second-order valence-corrected chi connectivity index (χ2v) is 40.4. The molecular formula is C118H125NO3. The fraction of sp³-hybridized carbons (Fsp3) is 0.390. The second-order valence-electron chi connectivity index (χ2n) is 40.4. The van der Waals surface area contributed by atoms with E-state index in [-0.39, 0.29) is 21.7 Å². The molecule has 0 radical (unpaired) electrons. The van der Waals surface area contributed by atoms with Crippen LogP contribution in [0.25, 0.3) is 133 Å². The number of nitrogens with zero attached hydrogens (tertiary/aromatic N) is 1. The number of anilines is 3. The molecule has 0 saturated heterocycles. The zero-order chi connectivity index (χ0) is 83.3. The quantitative estimate of drug-likeness (QED) is 0.0406. The minimum atomic E-state index is -0.428. The number of para-hydroxylation sites is 3. The molecule has 0 saturated carbocycles. The summed E-state index contributed by atoms with van der Waals surface area (Å²) in [6, 6.07) is 79.2. The minimum Gasteiger partial charge on any atom is -0.456 e. The van der Waals surface area contributed by atoms with E-state index in [1.807, 2.05) is 0 Å². The van der Waals surface area contributed by atoms with Crippen LogP contribution in [0.1, 0.15) is 330 Å². The van der Waals surface area contributed by atoms with Crippen LogP contribution in [0.3, 0.4) is 0 Å². The number of hydrogen-bond acceptors (Lipinski definition) is 4. The highest BCUT2D eigenvalue weighted by Gasteiger charge is 2.54. The molecule has 6 aliphatic carbocycles. The Morgan fingerprint density at radius 2 is 0.557 bits per heavy atom. The highest BCUT2D eigenvalue weighted by atomic mass is 16.3. The molecule has 12 aromatic carbocycles. The van der Waals surface area contributed by atoms with Gasteiger partial charge in [-0.15, -0.1) is 0 Å². The largest absolute Gasteiger partial charge is 0.456 e. The van der Waals surface area contributed by atoms with Crippen molar-refractivity contribution < 1.29 is 13.3 Å². The summed E-state index contributed by atoms with van der Waals surface area (Å²) < 4.78 is 21.8. The van der Waals surface area contributed by atoms with Gasteiger partial charge in [-0.2, -0.15) is 0 Å². The smallest absolute Gasteiger partial charge is 0.144 e. The van der Waals surface area contributed by atoms with Crippen LogP contribution in [0.5, 0.6) is 0 Å². The summed E-state index contributed by atoms with van der Waals surface area (Å²) in [5.74, 6) is 0. The Morgan fingerprint density at radius 3 is 1.01 bits per heavy atom. The third-order valence-electron chi connectivity index (χ3n) is 31.7. The van der Waals surface area contributed by atoms with Crippen LogP contribution < -0.4 is 4.90 Å². The van der Waals surface area contributed by atoms with Crippen LogP contribution in [0.2, 0.25) is 0 Å². The number of rotatable bonds is 31. The molecule has 15 aromatic rings. The molecule has 3 aromatic heterocycles. The Bertz CT molecular complexity index is 6400. The summed E-state index contributed by atoms with van der Waals surface area (Å²) in [7, 11) is 0. The van der Waals surface area contributed by atoms with Crippen molar-refractivity contribution in [1.29, 1.82) is 0 Å². The zero-order valence-electron chi connectivity index (χ0n) is 75.0. The minimum absolute atomic E-state index is 0.142. The zero-order valence-corrected chi connectivity index (χ0v) is 75.0. The maximum atomic E-state index is 7.39. The fourth-order valence-electron chi connectivity index (χ4n) is 25.8. The van der Waals surface area contributed by atoms with Gasteiger partial charge in [0.25, 0.3) is 0 Å². The average Bonchev–Trinajstić information content (AvgIpc) is 1.51. The highest BCUT2D eigenvalue weighted by Crippen LogP contribution is 2.69. The van der Waals surface area contributed by atoms with E-state index in [9.17, 15) is 0 Å². The first kappa shape index (κ1) is 79.0. The van der Waals surface area contributed by atoms with Crippen molar-refractivity contribution in [1.82, 2.24) is 0 Å². The number of benzene rings is 12. The Labute approximate surface area is 725 Å². The summed E-state index contributed by atoms with van der Waals surface area (Å²) in [5, 5.41) is 7.42. The third-order valence-corrected chi connectivity index (χ3v) is 31.7. The molecule has 0 unspecified atom stereocenters. The molecule has 6 aliphatic rings. The van der Waals surface area contributed by atoms with Gasteiger partial charge in [-0.05, 0) is 221 Å². The Morgan fingerprint density at radius 1 is 0.230 bits per heavy atom. The molecule has 0 amide bonds. The van der Waals surface area contributed by atoms with Gasteiger partial charge in [0.2, 0.25) is 0 Å². The SMILES string of the molecule is CCCCCCCCC1(CCCCCCCC)c2cc(N(c3ccc4c(c3)C(C)(C)c3c5c(c6c(oc7ccccc76)c3-4)-c3ccccc3C5(C)C)c3ccc4c(c3)C(C)(C)c3c5c(c6c(oc7ccccc76)c3-4)-c3ccccc3C5(C)C)ccc2-c2cc3c(cc21)-c1c(ccc2oc4ccccc4c12)C3(CCCCCCCC)CCCCCCCC. The van der Waals surface area contributed by atoms with E-state index in [4.69, 9.17) is 13.3 Å². The van der Waals surface area contributed by atoms with Crippen molar-refractivity contribution >= 4 is 82.9 Å². The van der Waals surface area contributed by atoms with Crippen LogP contribution in [0.4, 0.5) is 17.1 Å². The standard InChI is InChI=1S/C118H125NO3/c1-13-17-21-25-29-43-65-117(66-44-30-26-22-18-14-2)89-63-64-98-100(82-49-35-40-54-95(82)120-98)99(89)86-73-93-85(72-94(86)117)77-60-57-76(71-92(77)118(93,67-45-31-27-23-19-15-3)68-46-32-28-24-20-16-4)119(74-58-61-80-90(69-74)115(9,10)109-105(80)111-103(83-50-36-41-55-96(83)121-111)101-78-47-33-38-52-87(78)113(5,6)107(101)109)75-59-62-81-91(70-75)116(11,12)110-106(81)112-104(84-51-37-42-56-97(84)122-112)102-79-48-34-39-53-88(79)114(7,8)108(102)110/h33-42,47-64,69-73H,13-32,43-46,65-68H2,1-12H3. The van der Waals surface area contributed by atoms with Gasteiger partial charge in [-0.1, -0.05) is 365 Å². The van der Waals surface area contributed by atoms with E-state index in [0.717, 1.165) is 59.2 Å². The molecule has 0 spiro atoms. The van der Waals surface area contributed by atoms with Gasteiger partial charge in [0.1, 0.15) is 33.5 Å². The van der Waals surface area contributed by atoms with E-state index in [0.29, 0.717) is 0 Å². The summed E-state index contributed by atoms with van der Waals surface area (Å²) in [4.78, 5) is 2.73. The number of unbranched alkanes of at least 4 members (excludes halogenated alkanes) is 20. The van der Waals surface area contributed by atoms with E-state index < -0.39 is 10.8 Å². The number of fused-ring (bicyclic) bond motifs is 34. The molecule has 0 atom stereocenters. The first-order valence-electron chi connectivity index (χ1n) is 48.1. The fourth-order valence-corrected chi connectivity index (χ4v) is 25.8. The Balaban J connectivity index is 0.806. The monoisotopic (exact) mass is 1600 g/mol. The van der Waals surface area contributed by atoms with Gasteiger partial charge in [-0.3, -0.25) is 0 Å². The summed E-state index contributed by atoms with van der Waals surface area (Å²) in [6.45, 7) is 29.5. The maximum Gasteiger partial charge on any atom is 0.144 e. The van der Waals surface area contributed by atoms with Crippen LogP contribution in [-0.2, 0) is 32.5 Å². The topological polar surface area (TPSA) is 42.7 Å². The molecule has 0 fully saturated rings. The maximum absolute atomic E-state index is 7.39. The summed E-state index contributed by atoms with van der Waals surface area (Å²) >= 11 is 0. The van der Waals surface area contributed by atoms with Crippen molar-refractivity contribution in [3.8, 4) is 66.8 Å². The molecular weight excluding hydrogens is 1480 g/mol. The van der Waals surface area contributed by atoms with E-state index in [1.165, 1.54) is 320 Å². The van der Waals surface area contributed by atoms with Crippen molar-refractivity contribution in [2.75, 3.05) is 4.90 Å². The second kappa shape index (κ2) is 30.4. The van der Waals surface area contributed by atoms with E-state index >= 15 is 0 Å². The van der Waals surface area contributed by atoms with Crippen LogP contribution in [-0.4, -0.2) is 0 Å². The molecule has 4 heteroatoms. The predicted molar refractivity (Wildman–Crippen MR) is 518 cm³/mol. The van der Waals surface area contributed by atoms with Crippen LogP contribution >= 0.6 is 0 Å². The van der Waals surface area contributed by atoms with Crippen molar-refractivity contribution in [2.24, 2.45) is 0 Å². The average molecular weight is 1610 g/mol. The lowest BCUT2D eigenvalue weighted by Crippen LogP contribution is -2.27. The van der Waals surface area contributed by atoms with Crippen LogP contribution in [0, 0.1) is 0 Å². The van der Waals surface area contributed by atoms with E-state index in [2.05, 4.69) is 288 Å². The summed E-state index contributed by atoms with van der Waals surface area (Å²) in [6.07, 6.45) is 35.0. The van der Waals surface area contributed by atoms with Gasteiger partial charge in [0.05, 0.1) is 0 Å². The summed E-state index contributed by atoms with van der Waals surface area (Å²) in [5.41, 5.74) is 41.3. The van der Waals surface area contributed by atoms with Crippen molar-refractivity contribution in [3.63, 3.8) is 0 Å². The van der Waals surface area contributed by atoms with Crippen molar-refractivity contribution in [3.05, 3.63) is 267 Å². The first-order chi connectivity index (χ1) is 59.4. The first-order valence-corrected chi connectivity index (χ1v) is 48.1. The van der Waals surface area contributed by atoms with Gasteiger partial charge in [-0.25, -0.2) is 0 Å². The van der Waals surface area contributed by atoms with Gasteiger partial charge >= 0.3 is 0 Å². The molecule has 0 aliphatic heterocycles. The van der Waals surface area contributed by atoms with Crippen LogP contribution in [0.15, 0.2) is 213 Å². The molecule has 21 rings (SSSR count). The van der Waals surface area contributed by atoms with Gasteiger partial charge in [0, 0.05) is 93.0 Å². The normalized spacial score (nSPS) is 16.0. The molecule has 620 valence electrons.